The van der Waals surface area contributed by atoms with Gasteiger partial charge in [-0.1, -0.05) is 0 Å². The maximum Gasteiger partial charge on any atom is 0.410 e. The van der Waals surface area contributed by atoms with Crippen LogP contribution in [0.3, 0.4) is 0 Å². The molecule has 0 aromatic heterocycles. The number of amides is 1. The van der Waals surface area contributed by atoms with Gasteiger partial charge in [0.1, 0.15) is 10.3 Å². The highest BCUT2D eigenvalue weighted by Gasteiger charge is 2.48. The van der Waals surface area contributed by atoms with Crippen LogP contribution in [0.4, 0.5) is 4.79 Å². The second-order valence-electron chi connectivity index (χ2n) is 9.54. The molecule has 0 aromatic rings. The van der Waals surface area contributed by atoms with Crippen LogP contribution in [0.5, 0.6) is 0 Å². The summed E-state index contributed by atoms with van der Waals surface area (Å²) >= 11 is -1.23. The number of likely N-dealkylation sites (tertiary alicyclic amines) is 1. The van der Waals surface area contributed by atoms with Gasteiger partial charge in [-0.15, -0.1) is 9.82 Å². The van der Waals surface area contributed by atoms with E-state index in [2.05, 4.69) is 26.3 Å². The van der Waals surface area contributed by atoms with Crippen LogP contribution in [0.2, 0.25) is 0 Å². The third kappa shape index (κ3) is 4.52. The molecule has 1 spiro atoms. The van der Waals surface area contributed by atoms with Crippen LogP contribution in [-0.2, 0) is 16.1 Å². The van der Waals surface area contributed by atoms with Gasteiger partial charge >= 0.3 is 6.09 Å². The lowest BCUT2D eigenvalue weighted by Gasteiger charge is -2.48. The Morgan fingerprint density at radius 3 is 2.54 bits per heavy atom. The highest BCUT2D eigenvalue weighted by atomic mass is 32.2. The molecule has 0 unspecified atom stereocenters. The molecule has 0 aromatic carbocycles. The zero-order valence-electron chi connectivity index (χ0n) is 17.5. The molecule has 0 saturated carbocycles. The predicted octanol–water partition coefficient (Wildman–Crippen LogP) is 2.10. The van der Waals surface area contributed by atoms with Gasteiger partial charge in [-0.05, 0) is 60.5 Å². The van der Waals surface area contributed by atoms with Gasteiger partial charge in [-0.3, -0.25) is 0 Å². The third-order valence-electron chi connectivity index (χ3n) is 5.03. The Morgan fingerprint density at radius 2 is 1.96 bits per heavy atom. The van der Waals surface area contributed by atoms with E-state index in [0.717, 1.165) is 11.4 Å². The largest absolute Gasteiger partial charge is 0.598 e. The van der Waals surface area contributed by atoms with Crippen molar-refractivity contribution in [3.63, 3.8) is 0 Å². The summed E-state index contributed by atoms with van der Waals surface area (Å²) in [6.07, 6.45) is 4.85. The minimum Gasteiger partial charge on any atom is -0.598 e. The molecule has 3 heterocycles. The number of carbonyl (C=O) groups excluding carboxylic acids is 1. The summed E-state index contributed by atoms with van der Waals surface area (Å²) in [6.45, 7) is 12.5. The zero-order valence-corrected chi connectivity index (χ0v) is 18.4. The number of nitrogens with one attached hydrogen (secondary N) is 2. The molecule has 1 amide bonds. The van der Waals surface area contributed by atoms with Crippen LogP contribution in [0, 0.1) is 0 Å². The molecule has 2 atom stereocenters. The number of hydrogen-bond acceptors (Lipinski definition) is 7. The molecule has 2 N–H and O–H groups in total. The van der Waals surface area contributed by atoms with Gasteiger partial charge in [-0.2, -0.15) is 5.10 Å². The van der Waals surface area contributed by atoms with E-state index < -0.39 is 17.0 Å². The summed E-state index contributed by atoms with van der Waals surface area (Å²) in [6, 6.07) is -0.160. The summed E-state index contributed by atoms with van der Waals surface area (Å²) in [5.74, 6) is 0.741. The summed E-state index contributed by atoms with van der Waals surface area (Å²) in [5, 5.41) is 11.7. The van der Waals surface area contributed by atoms with Crippen LogP contribution in [0.15, 0.2) is 21.9 Å². The monoisotopic (exact) mass is 409 g/mol. The van der Waals surface area contributed by atoms with Crippen molar-refractivity contribution >= 4 is 29.5 Å². The Hall–Kier alpha value is -1.58. The Morgan fingerprint density at radius 1 is 1.32 bits per heavy atom. The maximum atomic E-state index is 12.8. The van der Waals surface area contributed by atoms with Crippen LogP contribution >= 0.6 is 0 Å². The molecule has 28 heavy (non-hydrogen) atoms. The van der Waals surface area contributed by atoms with Crippen molar-refractivity contribution in [1.29, 1.82) is 0 Å². The third-order valence-corrected chi connectivity index (χ3v) is 6.61. The number of carbonyl (C=O) groups is 1. The first-order valence-electron chi connectivity index (χ1n) is 9.67. The highest BCUT2D eigenvalue weighted by Crippen LogP contribution is 2.33. The molecule has 1 fully saturated rings. The van der Waals surface area contributed by atoms with Gasteiger partial charge in [0.15, 0.2) is 5.84 Å². The van der Waals surface area contributed by atoms with Crippen LogP contribution in [0.1, 0.15) is 54.4 Å². The molecule has 3 rings (SSSR count). The van der Waals surface area contributed by atoms with E-state index in [1.54, 1.807) is 11.1 Å². The standard InChI is InChI=1S/C19H31N5O3S/c1-17(2,3)27-16(25)24-9-7-19(8-10-24)14(23-28(26)18(4,5)6)11-13-12-20-22-15(13)21-19/h11-12,14,23H,7-10H2,1-6H3,(H,21,22)/t14-,28+/m0/s1. The van der Waals surface area contributed by atoms with Crippen LogP contribution < -0.4 is 10.0 Å². The van der Waals surface area contributed by atoms with Crippen molar-refractivity contribution in [2.24, 2.45) is 10.2 Å². The van der Waals surface area contributed by atoms with E-state index in [1.807, 2.05) is 41.5 Å². The summed E-state index contributed by atoms with van der Waals surface area (Å²) in [7, 11) is 0. The average Bonchev–Trinajstić information content (AvgIpc) is 3.00. The first-order valence-corrected chi connectivity index (χ1v) is 10.8. The molecule has 0 aliphatic carbocycles. The maximum absolute atomic E-state index is 12.8. The Kier molecular flexibility index (Phi) is 5.55. The summed E-state index contributed by atoms with van der Waals surface area (Å²) in [5.41, 5.74) is 0.00931. The van der Waals surface area contributed by atoms with E-state index in [-0.39, 0.29) is 22.4 Å². The Balaban J connectivity index is 1.76. The molecule has 1 saturated heterocycles. The van der Waals surface area contributed by atoms with Gasteiger partial charge in [0, 0.05) is 30.0 Å². The number of fused-ring (bicyclic) bond motifs is 1. The number of nitrogens with zero attached hydrogens (tertiary/aromatic N) is 3. The van der Waals surface area contributed by atoms with E-state index in [1.165, 1.54) is 0 Å². The fourth-order valence-electron chi connectivity index (χ4n) is 3.43. The second kappa shape index (κ2) is 7.35. The molecule has 156 valence electrons. The van der Waals surface area contributed by atoms with Crippen molar-refractivity contribution in [1.82, 2.24) is 14.9 Å². The fourth-order valence-corrected chi connectivity index (χ4v) is 4.31. The number of ether oxygens (including phenoxy) is 1. The Labute approximate surface area is 170 Å². The van der Waals surface area contributed by atoms with Gasteiger partial charge in [0.25, 0.3) is 0 Å². The van der Waals surface area contributed by atoms with Gasteiger partial charge in [-0.25, -0.2) is 4.79 Å². The normalized spacial score (nSPS) is 25.0. The number of piperidine rings is 1. The second-order valence-corrected chi connectivity index (χ2v) is 11.5. The number of amidine groups is 1. The van der Waals surface area contributed by atoms with E-state index in [4.69, 9.17) is 4.74 Å². The molecule has 0 bridgehead atoms. The average molecular weight is 410 g/mol. The quantitative estimate of drug-likeness (QED) is 0.680. The topological polar surface area (TPSA) is 101 Å². The molecule has 9 heteroatoms. The predicted molar refractivity (Wildman–Crippen MR) is 112 cm³/mol. The molecule has 0 radical (unpaired) electrons. The van der Waals surface area contributed by atoms with E-state index in [9.17, 15) is 9.35 Å². The lowest BCUT2D eigenvalue weighted by atomic mass is 9.78. The minimum atomic E-state index is -1.23. The molecule has 8 nitrogen and oxygen atoms in total. The van der Waals surface area contributed by atoms with Gasteiger partial charge in [0.2, 0.25) is 0 Å². The van der Waals surface area contributed by atoms with E-state index >= 15 is 0 Å². The molecular weight excluding hydrogens is 378 g/mol. The fraction of sp³-hybridized carbons (Fsp3) is 0.737. The summed E-state index contributed by atoms with van der Waals surface area (Å²) < 4.78 is 21.2. The van der Waals surface area contributed by atoms with E-state index in [0.29, 0.717) is 25.9 Å². The first kappa shape index (κ1) is 21.1. The SMILES string of the molecule is CC(C)(C)OC(=O)N1CCC2(CC1)NC1=NN=CC1=C[C@@H]2N[S@+]([O-])C(C)(C)C. The van der Waals surface area contributed by atoms with Crippen LogP contribution in [-0.4, -0.2) is 62.6 Å². The van der Waals surface area contributed by atoms with Crippen molar-refractivity contribution in [2.75, 3.05) is 13.1 Å². The van der Waals surface area contributed by atoms with Crippen molar-refractivity contribution in [3.05, 3.63) is 11.6 Å². The smallest absolute Gasteiger partial charge is 0.410 e. The van der Waals surface area contributed by atoms with Gasteiger partial charge in [0.05, 0.1) is 17.8 Å². The van der Waals surface area contributed by atoms with Crippen molar-refractivity contribution < 1.29 is 14.1 Å². The lowest BCUT2D eigenvalue weighted by Crippen LogP contribution is -2.68. The summed E-state index contributed by atoms with van der Waals surface area (Å²) in [4.78, 5) is 14.2. The highest BCUT2D eigenvalue weighted by molar-refractivity contribution is 7.90. The number of rotatable bonds is 2. The molecule has 3 aliphatic heterocycles. The van der Waals surface area contributed by atoms with Crippen molar-refractivity contribution in [3.8, 4) is 0 Å². The lowest BCUT2D eigenvalue weighted by molar-refractivity contribution is 0.0146. The van der Waals surface area contributed by atoms with Crippen LogP contribution in [0.25, 0.3) is 0 Å². The molecular formula is C19H31N5O3S. The van der Waals surface area contributed by atoms with Crippen molar-refractivity contribution in [2.45, 2.75) is 76.3 Å². The molecule has 3 aliphatic rings. The zero-order chi connectivity index (χ0) is 20.7. The minimum absolute atomic E-state index is 0.160. The number of hydrogen-bond donors (Lipinski definition) is 2. The first-order chi connectivity index (χ1) is 12.9. The van der Waals surface area contributed by atoms with Gasteiger partial charge < -0.3 is 19.5 Å². The Bertz CT molecular complexity index is 712.